The number of benzene rings is 3. The minimum absolute atomic E-state index is 0.00702. The topological polar surface area (TPSA) is 84.1 Å². The van der Waals surface area contributed by atoms with Gasteiger partial charge in [-0.2, -0.15) is 5.26 Å². The number of benzodiazepines with no additional fused rings is 1. The van der Waals surface area contributed by atoms with Crippen LogP contribution in [0.1, 0.15) is 16.7 Å². The van der Waals surface area contributed by atoms with Crippen LogP contribution < -0.4 is 19.1 Å². The summed E-state index contributed by atoms with van der Waals surface area (Å²) in [6.07, 6.45) is 0. The molecule has 0 saturated heterocycles. The number of rotatable bonds is 5. The minimum Gasteiger partial charge on any atom is -0.496 e. The number of likely N-dealkylation sites (N-methyl/N-ethyl adjacent to an activating group) is 1. The maximum Gasteiger partial charge on any atom is 0.248 e. The molecule has 1 amide bonds. The van der Waals surface area contributed by atoms with Crippen LogP contribution in [0.2, 0.25) is 0 Å². The van der Waals surface area contributed by atoms with E-state index < -0.39 is 0 Å². The first-order valence-electron chi connectivity index (χ1n) is 10.3. The van der Waals surface area contributed by atoms with Crippen molar-refractivity contribution >= 4 is 17.3 Å². The number of hydrogen-bond acceptors (Lipinski definition) is 6. The summed E-state index contributed by atoms with van der Waals surface area (Å²) in [6.45, 7) is -0.00702. The first-order chi connectivity index (χ1) is 16.0. The Balaban J connectivity index is 2.04. The fraction of sp³-hybridized carbons (Fsp3) is 0.192. The number of nitriles is 1. The van der Waals surface area contributed by atoms with Crippen molar-refractivity contribution in [1.29, 1.82) is 5.26 Å². The normalized spacial score (nSPS) is 12.9. The fourth-order valence-corrected chi connectivity index (χ4v) is 3.97. The predicted molar refractivity (Wildman–Crippen MR) is 127 cm³/mol. The minimum atomic E-state index is -0.146. The molecule has 0 N–H and O–H groups in total. The third-order valence-electron chi connectivity index (χ3n) is 5.64. The molecule has 0 spiro atoms. The van der Waals surface area contributed by atoms with E-state index in [9.17, 15) is 10.1 Å². The predicted octanol–water partition coefficient (Wildman–Crippen LogP) is 4.06. The molecule has 1 heterocycles. The number of aliphatic imine (C=N–C) groups is 1. The van der Waals surface area contributed by atoms with Gasteiger partial charge in [0.2, 0.25) is 5.91 Å². The molecule has 3 aromatic rings. The maximum atomic E-state index is 12.7. The molecule has 0 saturated carbocycles. The summed E-state index contributed by atoms with van der Waals surface area (Å²) in [4.78, 5) is 18.9. The Hall–Kier alpha value is -4.31. The molecule has 1 aliphatic heterocycles. The molecule has 166 valence electrons. The van der Waals surface area contributed by atoms with Gasteiger partial charge in [-0.25, -0.2) is 0 Å². The largest absolute Gasteiger partial charge is 0.496 e. The highest BCUT2D eigenvalue weighted by Gasteiger charge is 2.27. The first-order valence-corrected chi connectivity index (χ1v) is 10.3. The molecule has 0 radical (unpaired) electrons. The molecule has 0 atom stereocenters. The molecular weight excluding hydrogens is 418 g/mol. The lowest BCUT2D eigenvalue weighted by atomic mass is 9.93. The average Bonchev–Trinajstić information content (AvgIpc) is 2.98. The zero-order valence-electron chi connectivity index (χ0n) is 18.9. The third-order valence-corrected chi connectivity index (χ3v) is 5.64. The monoisotopic (exact) mass is 441 g/mol. The van der Waals surface area contributed by atoms with E-state index in [1.165, 1.54) is 0 Å². The Morgan fingerprint density at radius 3 is 2.21 bits per heavy atom. The van der Waals surface area contributed by atoms with Gasteiger partial charge in [0.05, 0.1) is 49.9 Å². The number of hydrogen-bond donors (Lipinski definition) is 0. The quantitative estimate of drug-likeness (QED) is 0.596. The number of fused-ring (bicyclic) bond motifs is 1. The number of carbonyl (C=O) groups excluding carboxylic acids is 1. The van der Waals surface area contributed by atoms with Crippen LogP contribution in [-0.4, -0.2) is 46.5 Å². The molecule has 0 aliphatic carbocycles. The lowest BCUT2D eigenvalue weighted by Gasteiger charge is -2.22. The molecule has 33 heavy (non-hydrogen) atoms. The van der Waals surface area contributed by atoms with Gasteiger partial charge in [-0.15, -0.1) is 0 Å². The molecular formula is C26H23N3O4. The Bertz CT molecular complexity index is 1290. The van der Waals surface area contributed by atoms with E-state index in [0.717, 1.165) is 22.3 Å². The average molecular weight is 441 g/mol. The molecule has 3 aromatic carbocycles. The summed E-state index contributed by atoms with van der Waals surface area (Å²) >= 11 is 0. The van der Waals surface area contributed by atoms with Crippen molar-refractivity contribution in [3.8, 4) is 34.4 Å². The Kier molecular flexibility index (Phi) is 6.01. The van der Waals surface area contributed by atoms with Crippen LogP contribution in [0.4, 0.5) is 5.69 Å². The molecule has 0 aromatic heterocycles. The molecule has 7 heteroatoms. The summed E-state index contributed by atoms with van der Waals surface area (Å²) in [5, 5.41) is 9.38. The van der Waals surface area contributed by atoms with Gasteiger partial charge < -0.3 is 19.1 Å². The smallest absolute Gasteiger partial charge is 0.248 e. The van der Waals surface area contributed by atoms with Crippen molar-refractivity contribution in [1.82, 2.24) is 0 Å². The molecule has 4 rings (SSSR count). The van der Waals surface area contributed by atoms with E-state index in [4.69, 9.17) is 14.2 Å². The van der Waals surface area contributed by atoms with Crippen LogP contribution in [0.15, 0.2) is 59.6 Å². The molecule has 0 unspecified atom stereocenters. The van der Waals surface area contributed by atoms with Gasteiger partial charge in [-0.05, 0) is 30.3 Å². The Morgan fingerprint density at radius 2 is 1.58 bits per heavy atom. The van der Waals surface area contributed by atoms with Crippen LogP contribution in [0.5, 0.6) is 17.2 Å². The van der Waals surface area contributed by atoms with E-state index >= 15 is 0 Å². The molecule has 7 nitrogen and oxygen atoms in total. The fourth-order valence-electron chi connectivity index (χ4n) is 3.97. The highest BCUT2D eigenvalue weighted by Crippen LogP contribution is 2.45. The zero-order valence-corrected chi connectivity index (χ0v) is 18.9. The number of nitrogens with zero attached hydrogens (tertiary/aromatic N) is 3. The van der Waals surface area contributed by atoms with E-state index in [-0.39, 0.29) is 12.5 Å². The van der Waals surface area contributed by atoms with Gasteiger partial charge in [0, 0.05) is 29.8 Å². The van der Waals surface area contributed by atoms with Crippen molar-refractivity contribution in [3.05, 3.63) is 71.3 Å². The van der Waals surface area contributed by atoms with E-state index in [1.54, 1.807) is 51.5 Å². The second-order valence-corrected chi connectivity index (χ2v) is 7.42. The molecule has 0 bridgehead atoms. The highest BCUT2D eigenvalue weighted by molar-refractivity contribution is 6.20. The summed E-state index contributed by atoms with van der Waals surface area (Å²) in [7, 11) is 6.49. The zero-order chi connectivity index (χ0) is 23.5. The lowest BCUT2D eigenvalue weighted by molar-refractivity contribution is -0.116. The molecule has 0 fully saturated rings. The Labute approximate surface area is 192 Å². The van der Waals surface area contributed by atoms with Gasteiger partial charge in [-0.1, -0.05) is 18.2 Å². The van der Waals surface area contributed by atoms with Crippen LogP contribution >= 0.6 is 0 Å². The number of amides is 1. The van der Waals surface area contributed by atoms with Gasteiger partial charge in [0.25, 0.3) is 0 Å². The van der Waals surface area contributed by atoms with Crippen molar-refractivity contribution in [2.24, 2.45) is 4.99 Å². The first kappa shape index (κ1) is 21.9. The Morgan fingerprint density at radius 1 is 0.909 bits per heavy atom. The van der Waals surface area contributed by atoms with E-state index in [0.29, 0.717) is 34.2 Å². The second kappa shape index (κ2) is 9.05. The van der Waals surface area contributed by atoms with Crippen LogP contribution in [0, 0.1) is 11.3 Å². The number of ether oxygens (including phenoxy) is 3. The highest BCUT2D eigenvalue weighted by atomic mass is 16.5. The van der Waals surface area contributed by atoms with E-state index in [1.807, 2.05) is 36.4 Å². The number of anilines is 1. The van der Waals surface area contributed by atoms with Gasteiger partial charge in [0.15, 0.2) is 0 Å². The van der Waals surface area contributed by atoms with Crippen molar-refractivity contribution < 1.29 is 19.0 Å². The molecule has 1 aliphatic rings. The SMILES string of the molecule is COc1cc2c(cc1-c1c(OC)cccc1OC)C(c1cccc(C#N)c1)=NCC(=O)N2C. The van der Waals surface area contributed by atoms with Crippen molar-refractivity contribution in [2.75, 3.05) is 39.8 Å². The lowest BCUT2D eigenvalue weighted by Crippen LogP contribution is -2.27. The van der Waals surface area contributed by atoms with Gasteiger partial charge in [0.1, 0.15) is 23.8 Å². The van der Waals surface area contributed by atoms with Crippen LogP contribution in [-0.2, 0) is 4.79 Å². The summed E-state index contributed by atoms with van der Waals surface area (Å²) in [6, 6.07) is 18.7. The summed E-state index contributed by atoms with van der Waals surface area (Å²) in [5.41, 5.74) is 4.75. The number of carbonyl (C=O) groups is 1. The van der Waals surface area contributed by atoms with E-state index in [2.05, 4.69) is 11.1 Å². The third kappa shape index (κ3) is 3.87. The second-order valence-electron chi connectivity index (χ2n) is 7.42. The van der Waals surface area contributed by atoms with Crippen molar-refractivity contribution in [2.45, 2.75) is 0 Å². The summed E-state index contributed by atoms with van der Waals surface area (Å²) in [5.74, 6) is 1.65. The van der Waals surface area contributed by atoms with Crippen LogP contribution in [0.3, 0.4) is 0 Å². The van der Waals surface area contributed by atoms with Gasteiger partial charge >= 0.3 is 0 Å². The number of methoxy groups -OCH3 is 3. The standard InChI is InChI=1S/C26H23N3O4/c1-29-20-13-23(33-4)19(25-21(31-2)9-6-10-22(25)32-3)12-18(20)26(28-15-24(29)30)17-8-5-7-16(11-17)14-27/h5-13H,15H2,1-4H3. The van der Waals surface area contributed by atoms with Gasteiger partial charge in [-0.3, -0.25) is 9.79 Å². The summed E-state index contributed by atoms with van der Waals surface area (Å²) < 4.78 is 17.0. The van der Waals surface area contributed by atoms with Crippen molar-refractivity contribution in [3.63, 3.8) is 0 Å². The van der Waals surface area contributed by atoms with Crippen LogP contribution in [0.25, 0.3) is 11.1 Å². The maximum absolute atomic E-state index is 12.7.